The number of nitrogens with one attached hydrogen (secondary N) is 2. The fraction of sp³-hybridized carbons (Fsp3) is 0.696. The third kappa shape index (κ3) is 7.06. The van der Waals surface area contributed by atoms with Gasteiger partial charge in [0.15, 0.2) is 5.96 Å². The van der Waals surface area contributed by atoms with E-state index in [9.17, 15) is 0 Å². The van der Waals surface area contributed by atoms with E-state index in [1.165, 1.54) is 5.69 Å². The van der Waals surface area contributed by atoms with Crippen LogP contribution in [0.3, 0.4) is 0 Å². The van der Waals surface area contributed by atoms with E-state index in [4.69, 9.17) is 19.2 Å². The standard InChI is InChI=1S/C23H38N4O3/c1-3-24-23(25-13-7-15-30-20-11-16-29-17-12-20)26-19-8-6-14-27(18-19)21-9-4-5-10-22(21)28-2/h4-5,9-10,19-20H,3,6-8,11-18H2,1-2H3,(H2,24,25,26). The maximum Gasteiger partial charge on any atom is 0.191 e. The van der Waals surface area contributed by atoms with Gasteiger partial charge in [0.2, 0.25) is 0 Å². The van der Waals surface area contributed by atoms with Crippen molar-refractivity contribution in [3.8, 4) is 5.75 Å². The second-order valence-corrected chi connectivity index (χ2v) is 7.90. The minimum Gasteiger partial charge on any atom is -0.495 e. The molecule has 2 aliphatic rings. The molecule has 1 unspecified atom stereocenters. The van der Waals surface area contributed by atoms with Gasteiger partial charge in [-0.2, -0.15) is 0 Å². The van der Waals surface area contributed by atoms with Gasteiger partial charge in [0.05, 0.1) is 18.9 Å². The lowest BCUT2D eigenvalue weighted by Gasteiger charge is -2.36. The number of aliphatic imine (C=N–C) groups is 1. The maximum atomic E-state index is 5.95. The summed E-state index contributed by atoms with van der Waals surface area (Å²) in [4.78, 5) is 7.18. The first-order chi connectivity index (χ1) is 14.8. The highest BCUT2D eigenvalue weighted by Crippen LogP contribution is 2.29. The highest BCUT2D eigenvalue weighted by atomic mass is 16.5. The molecule has 7 heteroatoms. The van der Waals surface area contributed by atoms with Crippen molar-refractivity contribution in [1.82, 2.24) is 10.6 Å². The molecular formula is C23H38N4O3. The molecule has 0 saturated carbocycles. The molecule has 1 atom stereocenters. The van der Waals surface area contributed by atoms with E-state index in [-0.39, 0.29) is 0 Å². The highest BCUT2D eigenvalue weighted by Gasteiger charge is 2.22. The van der Waals surface area contributed by atoms with Crippen molar-refractivity contribution in [3.05, 3.63) is 24.3 Å². The Morgan fingerprint density at radius 1 is 1.23 bits per heavy atom. The Morgan fingerprint density at radius 2 is 2.07 bits per heavy atom. The van der Waals surface area contributed by atoms with Crippen molar-refractivity contribution in [2.45, 2.75) is 51.2 Å². The van der Waals surface area contributed by atoms with Gasteiger partial charge in [-0.15, -0.1) is 0 Å². The van der Waals surface area contributed by atoms with Crippen molar-refractivity contribution in [3.63, 3.8) is 0 Å². The molecule has 1 aromatic rings. The minimum absolute atomic E-state index is 0.359. The number of benzene rings is 1. The number of anilines is 1. The Balaban J connectivity index is 1.46. The van der Waals surface area contributed by atoms with Crippen LogP contribution in [0.1, 0.15) is 39.0 Å². The van der Waals surface area contributed by atoms with E-state index >= 15 is 0 Å². The molecule has 30 heavy (non-hydrogen) atoms. The van der Waals surface area contributed by atoms with Crippen LogP contribution in [0.15, 0.2) is 29.3 Å². The number of rotatable bonds is 9. The van der Waals surface area contributed by atoms with E-state index in [2.05, 4.69) is 34.6 Å². The van der Waals surface area contributed by atoms with Crippen molar-refractivity contribution < 1.29 is 14.2 Å². The van der Waals surface area contributed by atoms with Crippen LogP contribution in [-0.4, -0.2) is 71.2 Å². The van der Waals surface area contributed by atoms with Crippen molar-refractivity contribution in [2.24, 2.45) is 4.99 Å². The molecule has 2 N–H and O–H groups in total. The van der Waals surface area contributed by atoms with Crippen LogP contribution in [0.25, 0.3) is 0 Å². The van der Waals surface area contributed by atoms with Gasteiger partial charge < -0.3 is 29.7 Å². The molecular weight excluding hydrogens is 380 g/mol. The molecule has 0 radical (unpaired) electrons. The first-order valence-corrected chi connectivity index (χ1v) is 11.4. The van der Waals surface area contributed by atoms with Crippen LogP contribution < -0.4 is 20.3 Å². The molecule has 0 bridgehead atoms. The summed E-state index contributed by atoms with van der Waals surface area (Å²) in [5.41, 5.74) is 1.17. The van der Waals surface area contributed by atoms with E-state index in [1.807, 2.05) is 12.1 Å². The number of methoxy groups -OCH3 is 1. The number of hydrogen-bond donors (Lipinski definition) is 2. The summed E-state index contributed by atoms with van der Waals surface area (Å²) < 4.78 is 16.9. The van der Waals surface area contributed by atoms with Crippen molar-refractivity contribution >= 4 is 11.6 Å². The average Bonchev–Trinajstić information content (AvgIpc) is 2.80. The lowest BCUT2D eigenvalue weighted by Crippen LogP contribution is -2.51. The second kappa shape index (κ2) is 12.6. The normalized spacial score (nSPS) is 20.8. The first-order valence-electron chi connectivity index (χ1n) is 11.4. The molecule has 0 amide bonds. The minimum atomic E-state index is 0.359. The number of guanidine groups is 1. The third-order valence-corrected chi connectivity index (χ3v) is 5.63. The molecule has 168 valence electrons. The molecule has 2 aliphatic heterocycles. The van der Waals surface area contributed by atoms with Crippen LogP contribution in [0.4, 0.5) is 5.69 Å². The Bertz CT molecular complexity index is 649. The van der Waals surface area contributed by atoms with Gasteiger partial charge in [-0.1, -0.05) is 12.1 Å². The van der Waals surface area contributed by atoms with Crippen LogP contribution in [-0.2, 0) is 9.47 Å². The second-order valence-electron chi connectivity index (χ2n) is 7.90. The molecule has 0 aliphatic carbocycles. The van der Waals surface area contributed by atoms with Gasteiger partial charge in [0.1, 0.15) is 5.75 Å². The zero-order valence-corrected chi connectivity index (χ0v) is 18.6. The fourth-order valence-corrected chi connectivity index (χ4v) is 4.07. The van der Waals surface area contributed by atoms with Crippen LogP contribution in [0.2, 0.25) is 0 Å². The van der Waals surface area contributed by atoms with Gasteiger partial charge in [0.25, 0.3) is 0 Å². The Kier molecular flexibility index (Phi) is 9.57. The van der Waals surface area contributed by atoms with Gasteiger partial charge in [-0.25, -0.2) is 0 Å². The molecule has 2 fully saturated rings. The summed E-state index contributed by atoms with van der Waals surface area (Å²) in [6.45, 7) is 8.13. The monoisotopic (exact) mass is 418 g/mol. The van der Waals surface area contributed by atoms with Gasteiger partial charge in [0, 0.05) is 52.0 Å². The van der Waals surface area contributed by atoms with Crippen LogP contribution in [0.5, 0.6) is 5.75 Å². The Labute approximate surface area is 181 Å². The Morgan fingerprint density at radius 3 is 2.87 bits per heavy atom. The van der Waals surface area contributed by atoms with Gasteiger partial charge in [-0.05, 0) is 51.2 Å². The molecule has 2 saturated heterocycles. The maximum absolute atomic E-state index is 5.95. The number of ether oxygens (including phenoxy) is 3. The summed E-state index contributed by atoms with van der Waals surface area (Å²) >= 11 is 0. The molecule has 7 nitrogen and oxygen atoms in total. The predicted molar refractivity (Wildman–Crippen MR) is 122 cm³/mol. The van der Waals surface area contributed by atoms with E-state index in [1.54, 1.807) is 7.11 Å². The topological polar surface area (TPSA) is 67.4 Å². The zero-order chi connectivity index (χ0) is 21.0. The molecule has 1 aromatic carbocycles. The number of para-hydroxylation sites is 2. The fourth-order valence-electron chi connectivity index (χ4n) is 4.07. The quantitative estimate of drug-likeness (QED) is 0.365. The summed E-state index contributed by atoms with van der Waals surface area (Å²) in [7, 11) is 1.74. The largest absolute Gasteiger partial charge is 0.495 e. The Hall–Kier alpha value is -1.99. The molecule has 0 spiro atoms. The summed E-state index contributed by atoms with van der Waals surface area (Å²) in [6, 6.07) is 8.62. The van der Waals surface area contributed by atoms with E-state index in [0.717, 1.165) is 89.8 Å². The molecule has 3 rings (SSSR count). The summed E-state index contributed by atoms with van der Waals surface area (Å²) in [5, 5.41) is 7.02. The van der Waals surface area contributed by atoms with Crippen molar-refractivity contribution in [2.75, 3.05) is 58.0 Å². The number of piperidine rings is 1. The van der Waals surface area contributed by atoms with Gasteiger partial charge in [-0.3, -0.25) is 4.99 Å². The molecule has 2 heterocycles. The lowest BCUT2D eigenvalue weighted by molar-refractivity contribution is -0.0318. The van der Waals surface area contributed by atoms with Crippen LogP contribution >= 0.6 is 0 Å². The van der Waals surface area contributed by atoms with Crippen molar-refractivity contribution in [1.29, 1.82) is 0 Å². The third-order valence-electron chi connectivity index (χ3n) is 5.63. The SMILES string of the molecule is CCNC(=NCCCOC1CCOCC1)NC1CCCN(c2ccccc2OC)C1. The lowest BCUT2D eigenvalue weighted by atomic mass is 10.0. The van der Waals surface area contributed by atoms with Gasteiger partial charge >= 0.3 is 0 Å². The van der Waals surface area contributed by atoms with E-state index in [0.29, 0.717) is 12.1 Å². The number of nitrogens with zero attached hydrogens (tertiary/aromatic N) is 2. The summed E-state index contributed by atoms with van der Waals surface area (Å²) in [5.74, 6) is 1.83. The zero-order valence-electron chi connectivity index (χ0n) is 18.6. The molecule has 0 aromatic heterocycles. The average molecular weight is 419 g/mol. The number of hydrogen-bond acceptors (Lipinski definition) is 5. The predicted octanol–water partition coefficient (Wildman–Crippen LogP) is 2.80. The highest BCUT2D eigenvalue weighted by molar-refractivity contribution is 5.80. The van der Waals surface area contributed by atoms with Crippen LogP contribution in [0, 0.1) is 0 Å². The first kappa shape index (κ1) is 22.7. The smallest absolute Gasteiger partial charge is 0.191 e. The summed E-state index contributed by atoms with van der Waals surface area (Å²) in [6.07, 6.45) is 5.61. The van der Waals surface area contributed by atoms with E-state index < -0.39 is 0 Å².